The third kappa shape index (κ3) is 3.24. The number of amides is 3. The van der Waals surface area contributed by atoms with Crippen LogP contribution in [0.1, 0.15) is 34.0 Å². The van der Waals surface area contributed by atoms with E-state index in [9.17, 15) is 14.4 Å². The van der Waals surface area contributed by atoms with Gasteiger partial charge in [-0.15, -0.1) is 11.3 Å². The fourth-order valence-corrected chi connectivity index (χ4v) is 3.14. The summed E-state index contributed by atoms with van der Waals surface area (Å²) in [4.78, 5) is 38.1. The van der Waals surface area contributed by atoms with Gasteiger partial charge in [-0.1, -0.05) is 6.92 Å². The number of esters is 1. The van der Waals surface area contributed by atoms with E-state index in [1.807, 2.05) is 13.8 Å². The molecule has 2 rings (SSSR count). The second-order valence-electron chi connectivity index (χ2n) is 4.81. The molecule has 0 bridgehead atoms. The van der Waals surface area contributed by atoms with E-state index in [0.717, 1.165) is 21.8 Å². The molecule has 0 aliphatic carbocycles. The van der Waals surface area contributed by atoms with Gasteiger partial charge in [-0.2, -0.15) is 0 Å². The number of nitrogens with one attached hydrogen (secondary N) is 1. The highest BCUT2D eigenvalue weighted by molar-refractivity contribution is 7.14. The Morgan fingerprint density at radius 3 is 2.76 bits per heavy atom. The smallest absolute Gasteiger partial charge is 0.349 e. The van der Waals surface area contributed by atoms with Crippen LogP contribution in [-0.4, -0.2) is 42.0 Å². The predicted molar refractivity (Wildman–Crippen MR) is 78.4 cm³/mol. The van der Waals surface area contributed by atoms with E-state index in [-0.39, 0.29) is 0 Å². The first kappa shape index (κ1) is 15.5. The van der Waals surface area contributed by atoms with Gasteiger partial charge >= 0.3 is 12.0 Å². The summed E-state index contributed by atoms with van der Waals surface area (Å²) in [6.45, 7) is 6.17. The molecule has 6 nitrogen and oxygen atoms in total. The Morgan fingerprint density at radius 1 is 1.52 bits per heavy atom. The Morgan fingerprint density at radius 2 is 2.24 bits per heavy atom. The lowest BCUT2D eigenvalue weighted by Crippen LogP contribution is -2.41. The van der Waals surface area contributed by atoms with Gasteiger partial charge < -0.3 is 10.1 Å². The topological polar surface area (TPSA) is 75.7 Å². The summed E-state index contributed by atoms with van der Waals surface area (Å²) in [5.74, 6) is -1.02. The second kappa shape index (κ2) is 6.26. The molecule has 1 atom stereocenters. The minimum Gasteiger partial charge on any atom is -0.448 e. The van der Waals surface area contributed by atoms with E-state index in [1.165, 1.54) is 18.3 Å². The summed E-state index contributed by atoms with van der Waals surface area (Å²) in [5.41, 5.74) is 1.10. The molecule has 114 valence electrons. The molecule has 0 aromatic carbocycles. The van der Waals surface area contributed by atoms with Crippen molar-refractivity contribution in [1.29, 1.82) is 0 Å². The number of nitrogens with zero attached hydrogens (tertiary/aromatic N) is 1. The molecule has 1 aliphatic heterocycles. The SMILES string of the molecule is CCc1cc(C(=O)O[C@@H](C)C(=O)N2CCNC2=O)sc1C. The first-order valence-corrected chi connectivity index (χ1v) is 7.65. The number of carbonyl (C=O) groups is 3. The van der Waals surface area contributed by atoms with E-state index >= 15 is 0 Å². The molecule has 0 saturated carbocycles. The van der Waals surface area contributed by atoms with Crippen molar-refractivity contribution in [2.75, 3.05) is 13.1 Å². The molecule has 0 radical (unpaired) electrons. The van der Waals surface area contributed by atoms with Gasteiger partial charge in [0.2, 0.25) is 0 Å². The second-order valence-corrected chi connectivity index (χ2v) is 6.07. The van der Waals surface area contributed by atoms with Crippen molar-refractivity contribution in [3.05, 3.63) is 21.4 Å². The van der Waals surface area contributed by atoms with Gasteiger partial charge in [-0.25, -0.2) is 9.59 Å². The lowest BCUT2D eigenvalue weighted by molar-refractivity contribution is -0.135. The van der Waals surface area contributed by atoms with Crippen molar-refractivity contribution in [2.24, 2.45) is 0 Å². The zero-order chi connectivity index (χ0) is 15.6. The number of urea groups is 1. The lowest BCUT2D eigenvalue weighted by atomic mass is 10.2. The Balaban J connectivity index is 2.01. The lowest BCUT2D eigenvalue weighted by Gasteiger charge is -2.17. The average Bonchev–Trinajstić information content (AvgIpc) is 3.03. The van der Waals surface area contributed by atoms with Crippen LogP contribution in [0.4, 0.5) is 4.79 Å². The van der Waals surface area contributed by atoms with E-state index in [4.69, 9.17) is 4.74 Å². The fraction of sp³-hybridized carbons (Fsp3) is 0.500. The van der Waals surface area contributed by atoms with Crippen LogP contribution in [0, 0.1) is 6.92 Å². The molecular formula is C14H18N2O4S. The van der Waals surface area contributed by atoms with E-state index in [2.05, 4.69) is 5.32 Å². The van der Waals surface area contributed by atoms with Gasteiger partial charge in [0, 0.05) is 18.0 Å². The molecule has 7 heteroatoms. The maximum absolute atomic E-state index is 12.1. The van der Waals surface area contributed by atoms with Crippen molar-refractivity contribution in [2.45, 2.75) is 33.3 Å². The molecule has 1 aromatic rings. The molecule has 3 amide bonds. The number of thiophene rings is 1. The molecule has 0 spiro atoms. The maximum Gasteiger partial charge on any atom is 0.349 e. The summed E-state index contributed by atoms with van der Waals surface area (Å²) in [6, 6.07) is 1.35. The van der Waals surface area contributed by atoms with Crippen molar-refractivity contribution in [3.8, 4) is 0 Å². The number of ether oxygens (including phenoxy) is 1. The summed E-state index contributed by atoms with van der Waals surface area (Å²) < 4.78 is 5.17. The van der Waals surface area contributed by atoms with Gasteiger partial charge in [-0.05, 0) is 31.9 Å². The van der Waals surface area contributed by atoms with Gasteiger partial charge in [0.1, 0.15) is 4.88 Å². The summed E-state index contributed by atoms with van der Waals surface area (Å²) in [6.07, 6.45) is -0.133. The largest absolute Gasteiger partial charge is 0.448 e. The molecule has 2 heterocycles. The number of rotatable bonds is 4. The van der Waals surface area contributed by atoms with Crippen LogP contribution in [0.2, 0.25) is 0 Å². The molecule has 1 fully saturated rings. The molecule has 21 heavy (non-hydrogen) atoms. The van der Waals surface area contributed by atoms with Crippen LogP contribution in [-0.2, 0) is 16.0 Å². The highest BCUT2D eigenvalue weighted by Crippen LogP contribution is 2.23. The zero-order valence-electron chi connectivity index (χ0n) is 12.3. The molecule has 1 saturated heterocycles. The third-order valence-corrected chi connectivity index (χ3v) is 4.43. The number of aryl methyl sites for hydroxylation is 2. The normalized spacial score (nSPS) is 15.8. The van der Waals surface area contributed by atoms with Crippen molar-refractivity contribution >= 4 is 29.2 Å². The monoisotopic (exact) mass is 310 g/mol. The standard InChI is InChI=1S/C14H18N2O4S/c1-4-10-7-11(21-9(10)3)13(18)20-8(2)12(17)16-6-5-15-14(16)19/h7-8H,4-6H2,1-3H3,(H,15,19)/t8-/m0/s1. The van der Waals surface area contributed by atoms with Crippen molar-refractivity contribution in [1.82, 2.24) is 10.2 Å². The van der Waals surface area contributed by atoms with Gasteiger partial charge in [0.25, 0.3) is 5.91 Å². The minimum absolute atomic E-state index is 0.303. The van der Waals surface area contributed by atoms with E-state index in [0.29, 0.717) is 18.0 Å². The predicted octanol–water partition coefficient (Wildman–Crippen LogP) is 1.72. The Bertz CT molecular complexity index is 582. The quantitative estimate of drug-likeness (QED) is 0.859. The first-order valence-electron chi connectivity index (χ1n) is 6.83. The highest BCUT2D eigenvalue weighted by Gasteiger charge is 2.32. The number of hydrogen-bond donors (Lipinski definition) is 1. The number of hydrogen-bond acceptors (Lipinski definition) is 5. The minimum atomic E-state index is -0.978. The van der Waals surface area contributed by atoms with Crippen LogP contribution in [0.25, 0.3) is 0 Å². The number of carbonyl (C=O) groups excluding carboxylic acids is 3. The first-order chi connectivity index (χ1) is 9.93. The average molecular weight is 310 g/mol. The van der Waals surface area contributed by atoms with Crippen LogP contribution in [0.3, 0.4) is 0 Å². The number of imide groups is 1. The highest BCUT2D eigenvalue weighted by atomic mass is 32.1. The summed E-state index contributed by atoms with van der Waals surface area (Å²) in [5, 5.41) is 2.54. The Kier molecular flexibility index (Phi) is 4.62. The van der Waals surface area contributed by atoms with Crippen LogP contribution < -0.4 is 5.32 Å². The summed E-state index contributed by atoms with van der Waals surface area (Å²) in [7, 11) is 0. The fourth-order valence-electron chi connectivity index (χ4n) is 2.14. The van der Waals surface area contributed by atoms with Gasteiger partial charge in [0.05, 0.1) is 0 Å². The summed E-state index contributed by atoms with van der Waals surface area (Å²) >= 11 is 1.35. The third-order valence-electron chi connectivity index (χ3n) is 3.36. The van der Waals surface area contributed by atoms with E-state index in [1.54, 1.807) is 6.07 Å². The van der Waals surface area contributed by atoms with Crippen molar-refractivity contribution in [3.63, 3.8) is 0 Å². The van der Waals surface area contributed by atoms with Crippen LogP contribution in [0.5, 0.6) is 0 Å². The molecule has 1 aromatic heterocycles. The zero-order valence-corrected chi connectivity index (χ0v) is 13.1. The van der Waals surface area contributed by atoms with E-state index < -0.39 is 24.0 Å². The van der Waals surface area contributed by atoms with Gasteiger partial charge in [-0.3, -0.25) is 9.69 Å². The molecule has 1 N–H and O–H groups in total. The maximum atomic E-state index is 12.1. The Hall–Kier alpha value is -1.89. The molecule has 0 unspecified atom stereocenters. The van der Waals surface area contributed by atoms with Gasteiger partial charge in [0.15, 0.2) is 6.10 Å². The Labute approximate surface area is 127 Å². The van der Waals surface area contributed by atoms with Crippen LogP contribution in [0.15, 0.2) is 6.07 Å². The molecular weight excluding hydrogens is 292 g/mol. The molecule has 1 aliphatic rings. The van der Waals surface area contributed by atoms with Crippen molar-refractivity contribution < 1.29 is 19.1 Å². The van der Waals surface area contributed by atoms with Crippen LogP contribution >= 0.6 is 11.3 Å².